The van der Waals surface area contributed by atoms with Crippen molar-refractivity contribution >= 4 is 44.9 Å². The number of amidine groups is 1. The van der Waals surface area contributed by atoms with E-state index in [2.05, 4.69) is 15.5 Å². The predicted molar refractivity (Wildman–Crippen MR) is 92.9 cm³/mol. The highest BCUT2D eigenvalue weighted by molar-refractivity contribution is 8.15. The van der Waals surface area contributed by atoms with Crippen LogP contribution in [0.1, 0.15) is 12.0 Å². The molecule has 1 fully saturated rings. The summed E-state index contributed by atoms with van der Waals surface area (Å²) in [6.45, 7) is 0. The number of carboxylic acids is 1. The molecule has 1 atom stereocenters. The van der Waals surface area contributed by atoms with Crippen molar-refractivity contribution in [3.63, 3.8) is 0 Å². The molecule has 0 saturated carbocycles. The normalized spacial score (nSPS) is 19.4. The number of hydrogen-bond acceptors (Lipinski definition) is 8. The number of methoxy groups -OCH3 is 1. The molecule has 0 aromatic heterocycles. The molecule has 1 heterocycles. The van der Waals surface area contributed by atoms with Gasteiger partial charge in [-0.15, -0.1) is 5.10 Å². The maximum absolute atomic E-state index is 11.9. The first-order valence-electron chi connectivity index (χ1n) is 6.89. The van der Waals surface area contributed by atoms with E-state index in [0.29, 0.717) is 11.3 Å². The number of nitrogens with zero attached hydrogens (tertiary/aromatic N) is 2. The Morgan fingerprint density at radius 3 is 2.80 bits per heavy atom. The molecule has 2 N–H and O–H groups in total. The van der Waals surface area contributed by atoms with Gasteiger partial charge in [0, 0.05) is 11.8 Å². The molecule has 134 valence electrons. The minimum atomic E-state index is -3.51. The van der Waals surface area contributed by atoms with Crippen molar-refractivity contribution < 1.29 is 27.9 Å². The zero-order chi connectivity index (χ0) is 18.6. The van der Waals surface area contributed by atoms with Crippen LogP contribution in [0.25, 0.3) is 0 Å². The molecule has 9 nitrogen and oxygen atoms in total. The summed E-state index contributed by atoms with van der Waals surface area (Å²) in [5, 5.41) is 18.1. The van der Waals surface area contributed by atoms with Crippen LogP contribution < -0.4 is 10.1 Å². The Bertz CT molecular complexity index is 863. The van der Waals surface area contributed by atoms with Crippen LogP contribution in [0.4, 0.5) is 0 Å². The zero-order valence-corrected chi connectivity index (χ0v) is 14.9. The minimum absolute atomic E-state index is 0.0302. The molecule has 1 saturated heterocycles. The Balaban J connectivity index is 2.20. The molecule has 25 heavy (non-hydrogen) atoms. The van der Waals surface area contributed by atoms with Gasteiger partial charge < -0.3 is 15.2 Å². The third-order valence-corrected chi connectivity index (χ3v) is 5.33. The Labute approximate surface area is 148 Å². The van der Waals surface area contributed by atoms with E-state index in [1.165, 1.54) is 25.5 Å². The van der Waals surface area contributed by atoms with Gasteiger partial charge in [0.15, 0.2) is 15.0 Å². The number of carbonyl (C=O) groups is 2. The first-order valence-corrected chi connectivity index (χ1v) is 9.66. The molecular weight excluding hydrogens is 370 g/mol. The fraction of sp³-hybridized carbons (Fsp3) is 0.286. The highest BCUT2D eigenvalue weighted by Gasteiger charge is 2.32. The molecule has 11 heteroatoms. The van der Waals surface area contributed by atoms with E-state index in [1.807, 2.05) is 0 Å². The van der Waals surface area contributed by atoms with Gasteiger partial charge in [-0.05, 0) is 18.2 Å². The van der Waals surface area contributed by atoms with Crippen LogP contribution in [0, 0.1) is 0 Å². The van der Waals surface area contributed by atoms with Gasteiger partial charge in [0.2, 0.25) is 5.91 Å². The lowest BCUT2D eigenvalue weighted by atomic mass is 10.2. The van der Waals surface area contributed by atoms with Crippen LogP contribution in [0.5, 0.6) is 5.75 Å². The lowest BCUT2D eigenvalue weighted by Crippen LogP contribution is -2.26. The second-order valence-corrected chi connectivity index (χ2v) is 8.19. The lowest BCUT2D eigenvalue weighted by Gasteiger charge is -2.06. The summed E-state index contributed by atoms with van der Waals surface area (Å²) in [7, 11) is -2.08. The van der Waals surface area contributed by atoms with E-state index in [1.54, 1.807) is 6.07 Å². The van der Waals surface area contributed by atoms with Crippen molar-refractivity contribution in [3.8, 4) is 5.75 Å². The number of thioether (sulfide) groups is 1. The Morgan fingerprint density at radius 2 is 2.20 bits per heavy atom. The summed E-state index contributed by atoms with van der Waals surface area (Å²) in [6.07, 6.45) is 1.98. The molecular formula is C14H15N3O6S2. The third kappa shape index (κ3) is 5.03. The predicted octanol–water partition coefficient (Wildman–Crippen LogP) is 0.495. The first-order chi connectivity index (χ1) is 11.7. The molecule has 0 bridgehead atoms. The van der Waals surface area contributed by atoms with Crippen molar-refractivity contribution in [2.24, 2.45) is 10.2 Å². The van der Waals surface area contributed by atoms with E-state index in [-0.39, 0.29) is 16.5 Å². The highest BCUT2D eigenvalue weighted by atomic mass is 32.2. The standard InChI is InChI=1S/C14H15N3O6S2/c1-23-9-4-3-8(11(5-9)25(2,21)22)7-15-17-14-16-13(20)10(24-14)6-12(18)19/h3-5,7,10H,6H2,1-2H3,(H,18,19)(H,16,17,20). The SMILES string of the molecule is COc1ccc(C=NN=C2NC(=O)C(CC(=O)O)S2)c(S(C)(=O)=O)c1. The molecule has 1 unspecified atom stereocenters. The van der Waals surface area contributed by atoms with Gasteiger partial charge in [-0.25, -0.2) is 8.42 Å². The van der Waals surface area contributed by atoms with Gasteiger partial charge in [-0.2, -0.15) is 5.10 Å². The monoisotopic (exact) mass is 385 g/mol. The van der Waals surface area contributed by atoms with Crippen LogP contribution >= 0.6 is 11.8 Å². The second kappa shape index (κ2) is 7.66. The maximum Gasteiger partial charge on any atom is 0.305 e. The summed E-state index contributed by atoms with van der Waals surface area (Å²) in [4.78, 5) is 22.3. The summed E-state index contributed by atoms with van der Waals surface area (Å²) in [6, 6.07) is 4.48. The van der Waals surface area contributed by atoms with Gasteiger partial charge >= 0.3 is 5.97 Å². The number of benzene rings is 1. The number of amides is 1. The summed E-state index contributed by atoms with van der Waals surface area (Å²) in [5.74, 6) is -1.16. The molecule has 1 aliphatic heterocycles. The van der Waals surface area contributed by atoms with Crippen molar-refractivity contribution in [1.82, 2.24) is 5.32 Å². The highest BCUT2D eigenvalue weighted by Crippen LogP contribution is 2.23. The Kier molecular flexibility index (Phi) is 5.80. The largest absolute Gasteiger partial charge is 0.497 e. The van der Waals surface area contributed by atoms with Gasteiger partial charge in [0.1, 0.15) is 11.0 Å². The molecule has 0 spiro atoms. The number of rotatable bonds is 6. The smallest absolute Gasteiger partial charge is 0.305 e. The zero-order valence-electron chi connectivity index (χ0n) is 13.3. The summed E-state index contributed by atoms with van der Waals surface area (Å²) < 4.78 is 28.7. The van der Waals surface area contributed by atoms with E-state index in [9.17, 15) is 18.0 Å². The molecule has 1 aromatic rings. The van der Waals surface area contributed by atoms with Crippen molar-refractivity contribution in [3.05, 3.63) is 23.8 Å². The fourth-order valence-electron chi connectivity index (χ4n) is 1.96. The van der Waals surface area contributed by atoms with Crippen LogP contribution in [0.2, 0.25) is 0 Å². The van der Waals surface area contributed by atoms with Gasteiger partial charge in [-0.3, -0.25) is 9.59 Å². The van der Waals surface area contributed by atoms with Gasteiger partial charge in [0.05, 0.1) is 24.6 Å². The quantitative estimate of drug-likeness (QED) is 0.537. The average molecular weight is 385 g/mol. The van der Waals surface area contributed by atoms with E-state index >= 15 is 0 Å². The lowest BCUT2D eigenvalue weighted by molar-refractivity contribution is -0.138. The molecule has 1 amide bonds. The second-order valence-electron chi connectivity index (χ2n) is 5.02. The minimum Gasteiger partial charge on any atom is -0.497 e. The maximum atomic E-state index is 11.9. The molecule has 1 aromatic carbocycles. The number of sulfone groups is 1. The van der Waals surface area contributed by atoms with Crippen molar-refractivity contribution in [2.45, 2.75) is 16.6 Å². The Morgan fingerprint density at radius 1 is 1.48 bits per heavy atom. The van der Waals surface area contributed by atoms with Crippen LogP contribution in [0.3, 0.4) is 0 Å². The summed E-state index contributed by atoms with van der Waals surface area (Å²) in [5.41, 5.74) is 0.309. The number of carbonyl (C=O) groups excluding carboxylic acids is 1. The van der Waals surface area contributed by atoms with E-state index in [4.69, 9.17) is 9.84 Å². The number of nitrogens with one attached hydrogen (secondary N) is 1. The summed E-state index contributed by atoms with van der Waals surface area (Å²) >= 11 is 0.955. The van der Waals surface area contributed by atoms with E-state index < -0.39 is 27.0 Å². The van der Waals surface area contributed by atoms with E-state index in [0.717, 1.165) is 18.0 Å². The number of aliphatic carboxylic acids is 1. The number of ether oxygens (including phenoxy) is 1. The third-order valence-electron chi connectivity index (χ3n) is 3.10. The van der Waals surface area contributed by atoms with Crippen molar-refractivity contribution in [1.29, 1.82) is 0 Å². The van der Waals surface area contributed by atoms with Crippen LogP contribution in [-0.4, -0.2) is 55.4 Å². The molecule has 1 aliphatic rings. The van der Waals surface area contributed by atoms with Crippen LogP contribution in [-0.2, 0) is 19.4 Å². The van der Waals surface area contributed by atoms with Crippen LogP contribution in [0.15, 0.2) is 33.3 Å². The van der Waals surface area contributed by atoms with Crippen molar-refractivity contribution in [2.75, 3.05) is 13.4 Å². The first kappa shape index (κ1) is 18.9. The average Bonchev–Trinajstić information content (AvgIpc) is 2.85. The number of hydrogen-bond donors (Lipinski definition) is 2. The fourth-order valence-corrected chi connectivity index (χ4v) is 3.75. The topological polar surface area (TPSA) is 134 Å². The molecule has 2 rings (SSSR count). The molecule has 0 aliphatic carbocycles. The van der Waals surface area contributed by atoms with Gasteiger partial charge in [-0.1, -0.05) is 11.8 Å². The Hall–Kier alpha value is -2.40. The number of carboxylic acid groups (broad SMARTS) is 1. The molecule has 0 radical (unpaired) electrons. The van der Waals surface area contributed by atoms with Gasteiger partial charge in [0.25, 0.3) is 0 Å².